The van der Waals surface area contributed by atoms with Crippen LogP contribution in [0.4, 0.5) is 4.39 Å². The van der Waals surface area contributed by atoms with Crippen LogP contribution in [0.1, 0.15) is 10.4 Å². The van der Waals surface area contributed by atoms with Crippen LogP contribution in [0.3, 0.4) is 0 Å². The van der Waals surface area contributed by atoms with E-state index < -0.39 is 0 Å². The Hall–Kier alpha value is -2.46. The van der Waals surface area contributed by atoms with Gasteiger partial charge in [0.15, 0.2) is 6.29 Å². The molecule has 21 heavy (non-hydrogen) atoms. The summed E-state index contributed by atoms with van der Waals surface area (Å²) >= 11 is 6.13. The van der Waals surface area contributed by atoms with Gasteiger partial charge >= 0.3 is 0 Å². The molecule has 3 nitrogen and oxygen atoms in total. The molecule has 2 aromatic carbocycles. The molecule has 0 radical (unpaired) electrons. The topological polar surface area (TPSA) is 34.9 Å². The molecule has 0 aliphatic carbocycles. The van der Waals surface area contributed by atoms with Gasteiger partial charge in [-0.05, 0) is 36.4 Å². The largest absolute Gasteiger partial charge is 0.298 e. The molecule has 0 spiro atoms. The van der Waals surface area contributed by atoms with Gasteiger partial charge in [-0.15, -0.1) is 0 Å². The van der Waals surface area contributed by atoms with Crippen molar-refractivity contribution < 1.29 is 9.18 Å². The number of carbonyl (C=O) groups is 1. The molecule has 0 unspecified atom stereocenters. The fraction of sp³-hybridized carbons (Fsp3) is 0. The van der Waals surface area contributed by atoms with E-state index in [1.807, 2.05) is 12.1 Å². The number of benzene rings is 2. The van der Waals surface area contributed by atoms with E-state index in [2.05, 4.69) is 5.10 Å². The van der Waals surface area contributed by atoms with Gasteiger partial charge < -0.3 is 0 Å². The molecule has 0 fully saturated rings. The minimum Gasteiger partial charge on any atom is -0.298 e. The highest BCUT2D eigenvalue weighted by atomic mass is 35.5. The highest BCUT2D eigenvalue weighted by Gasteiger charge is 2.13. The van der Waals surface area contributed by atoms with Crippen molar-refractivity contribution in [1.82, 2.24) is 9.78 Å². The van der Waals surface area contributed by atoms with Crippen molar-refractivity contribution in [3.63, 3.8) is 0 Å². The van der Waals surface area contributed by atoms with Crippen LogP contribution in [0.15, 0.2) is 54.7 Å². The van der Waals surface area contributed by atoms with E-state index in [0.29, 0.717) is 27.5 Å². The zero-order chi connectivity index (χ0) is 14.8. The fourth-order valence-electron chi connectivity index (χ4n) is 2.07. The summed E-state index contributed by atoms with van der Waals surface area (Å²) in [6.45, 7) is 0. The average molecular weight is 301 g/mol. The third kappa shape index (κ3) is 2.58. The van der Waals surface area contributed by atoms with Gasteiger partial charge in [0.05, 0.1) is 16.3 Å². The summed E-state index contributed by atoms with van der Waals surface area (Å²) in [6.07, 6.45) is 2.33. The summed E-state index contributed by atoms with van der Waals surface area (Å²) in [5, 5.41) is 4.92. The standard InChI is InChI=1S/C16H10ClFN2O/c17-14-3-1-2-4-15(14)20-9-12(10-21)16(19-20)11-5-7-13(18)8-6-11/h1-10H. The van der Waals surface area contributed by atoms with Crippen LogP contribution in [-0.4, -0.2) is 16.1 Å². The highest BCUT2D eigenvalue weighted by Crippen LogP contribution is 2.25. The van der Waals surface area contributed by atoms with E-state index in [1.54, 1.807) is 35.1 Å². The van der Waals surface area contributed by atoms with Gasteiger partial charge in [0.25, 0.3) is 0 Å². The Bertz CT molecular complexity index is 796. The van der Waals surface area contributed by atoms with Crippen LogP contribution >= 0.6 is 11.6 Å². The molecular formula is C16H10ClFN2O. The average Bonchev–Trinajstić information content (AvgIpc) is 2.92. The van der Waals surface area contributed by atoms with Gasteiger partial charge in [-0.1, -0.05) is 23.7 Å². The van der Waals surface area contributed by atoms with Crippen molar-refractivity contribution in [3.8, 4) is 16.9 Å². The molecule has 5 heteroatoms. The number of aldehydes is 1. The lowest BCUT2D eigenvalue weighted by atomic mass is 10.1. The molecule has 0 atom stereocenters. The van der Waals surface area contributed by atoms with Crippen molar-refractivity contribution in [2.24, 2.45) is 0 Å². The summed E-state index contributed by atoms with van der Waals surface area (Å²) in [6, 6.07) is 13.0. The van der Waals surface area contributed by atoms with Crippen molar-refractivity contribution in [2.75, 3.05) is 0 Å². The maximum Gasteiger partial charge on any atom is 0.153 e. The molecule has 0 bridgehead atoms. The number of nitrogens with zero attached hydrogens (tertiary/aromatic N) is 2. The summed E-state index contributed by atoms with van der Waals surface area (Å²) < 4.78 is 14.5. The first kappa shape index (κ1) is 13.5. The van der Waals surface area contributed by atoms with Crippen molar-refractivity contribution >= 4 is 17.9 Å². The Kier molecular flexibility index (Phi) is 3.54. The van der Waals surface area contributed by atoms with Crippen LogP contribution in [0.2, 0.25) is 5.02 Å². The lowest BCUT2D eigenvalue weighted by Crippen LogP contribution is -1.95. The highest BCUT2D eigenvalue weighted by molar-refractivity contribution is 6.32. The van der Waals surface area contributed by atoms with E-state index in [0.717, 1.165) is 6.29 Å². The molecule has 0 saturated heterocycles. The summed E-state index contributed by atoms with van der Waals surface area (Å²) in [5.41, 5.74) is 2.26. The van der Waals surface area contributed by atoms with Crippen LogP contribution in [0.5, 0.6) is 0 Å². The summed E-state index contributed by atoms with van der Waals surface area (Å²) in [4.78, 5) is 11.2. The molecule has 1 aromatic heterocycles. The van der Waals surface area contributed by atoms with Gasteiger partial charge in [-0.25, -0.2) is 9.07 Å². The number of halogens is 2. The van der Waals surface area contributed by atoms with Crippen LogP contribution in [0, 0.1) is 5.82 Å². The predicted octanol–water partition coefficient (Wildman–Crippen LogP) is 4.14. The van der Waals surface area contributed by atoms with Crippen molar-refractivity contribution in [1.29, 1.82) is 0 Å². The number of hydrogen-bond acceptors (Lipinski definition) is 2. The molecule has 0 aliphatic heterocycles. The van der Waals surface area contributed by atoms with Crippen molar-refractivity contribution in [2.45, 2.75) is 0 Å². The maximum absolute atomic E-state index is 13.0. The number of rotatable bonds is 3. The van der Waals surface area contributed by atoms with Crippen LogP contribution in [-0.2, 0) is 0 Å². The summed E-state index contributed by atoms with van der Waals surface area (Å²) in [7, 11) is 0. The molecule has 3 aromatic rings. The van der Waals surface area contributed by atoms with Gasteiger partial charge in [-0.2, -0.15) is 5.10 Å². The first-order valence-electron chi connectivity index (χ1n) is 6.25. The predicted molar refractivity (Wildman–Crippen MR) is 79.4 cm³/mol. The molecule has 1 heterocycles. The first-order chi connectivity index (χ1) is 10.2. The zero-order valence-corrected chi connectivity index (χ0v) is 11.6. The molecule has 3 rings (SSSR count). The second-order valence-electron chi connectivity index (χ2n) is 4.45. The van der Waals surface area contributed by atoms with Crippen LogP contribution in [0.25, 0.3) is 16.9 Å². The quantitative estimate of drug-likeness (QED) is 0.681. The van der Waals surface area contributed by atoms with E-state index in [1.165, 1.54) is 12.1 Å². The maximum atomic E-state index is 13.0. The number of aromatic nitrogens is 2. The second-order valence-corrected chi connectivity index (χ2v) is 4.86. The lowest BCUT2D eigenvalue weighted by Gasteiger charge is -2.03. The molecule has 0 amide bonds. The van der Waals surface area contributed by atoms with E-state index in [9.17, 15) is 9.18 Å². The minimum absolute atomic E-state index is 0.336. The molecule has 0 N–H and O–H groups in total. The monoisotopic (exact) mass is 300 g/mol. The minimum atomic E-state index is -0.336. The second kappa shape index (κ2) is 5.50. The number of hydrogen-bond donors (Lipinski definition) is 0. The third-order valence-electron chi connectivity index (χ3n) is 3.09. The van der Waals surface area contributed by atoms with Gasteiger partial charge in [0.1, 0.15) is 11.5 Å². The SMILES string of the molecule is O=Cc1cn(-c2ccccc2Cl)nc1-c1ccc(F)cc1. The van der Waals surface area contributed by atoms with E-state index >= 15 is 0 Å². The zero-order valence-electron chi connectivity index (χ0n) is 10.8. The Balaban J connectivity index is 2.13. The number of carbonyl (C=O) groups excluding carboxylic acids is 1. The number of para-hydroxylation sites is 1. The molecule has 104 valence electrons. The normalized spacial score (nSPS) is 10.6. The third-order valence-corrected chi connectivity index (χ3v) is 3.41. The van der Waals surface area contributed by atoms with E-state index in [4.69, 9.17) is 11.6 Å². The first-order valence-corrected chi connectivity index (χ1v) is 6.62. The van der Waals surface area contributed by atoms with Crippen molar-refractivity contribution in [3.05, 3.63) is 71.1 Å². The smallest absolute Gasteiger partial charge is 0.153 e. The Morgan fingerprint density at radius 1 is 1.10 bits per heavy atom. The fourth-order valence-corrected chi connectivity index (χ4v) is 2.29. The Morgan fingerprint density at radius 2 is 1.81 bits per heavy atom. The Labute approximate surface area is 125 Å². The molecule has 0 aliphatic rings. The van der Waals surface area contributed by atoms with Gasteiger partial charge in [-0.3, -0.25) is 4.79 Å². The Morgan fingerprint density at radius 3 is 2.48 bits per heavy atom. The van der Waals surface area contributed by atoms with Crippen LogP contribution < -0.4 is 0 Å². The van der Waals surface area contributed by atoms with Gasteiger partial charge in [0.2, 0.25) is 0 Å². The molecule has 0 saturated carbocycles. The summed E-state index contributed by atoms with van der Waals surface area (Å²) in [5.74, 6) is -0.336. The van der Waals surface area contributed by atoms with Gasteiger partial charge in [0, 0.05) is 11.8 Å². The lowest BCUT2D eigenvalue weighted by molar-refractivity contribution is 0.112. The molecular weight excluding hydrogens is 291 g/mol. The van der Waals surface area contributed by atoms with E-state index in [-0.39, 0.29) is 5.82 Å².